The fourth-order valence-electron chi connectivity index (χ4n) is 10.6. The van der Waals surface area contributed by atoms with E-state index in [1.54, 1.807) is 4.70 Å². The summed E-state index contributed by atoms with van der Waals surface area (Å²) < 4.78 is 1.58. The Morgan fingerprint density at radius 1 is 0.338 bits per heavy atom. The standard InChI is InChI=1S/C66H110N2.2C4H9.Ni/c1-5-9-13-16-18-20-22-24-25-26-27-28-29-30-31-32-33-35-37-39-41-43-46-50-64-63(49-45-42-40-38-36-34-23-21-19-17-14-10-6-2)65(61-55-51-59(52-56-61)47-12-8-4)68(67)66(64)62-57-53-60(54-58-62)48-44-15-11-7-3;2*1-3-4-2;/h45,49,51-58H,5-44,46-48,50H2,1-4H3;2*1,3-4H2,2H3;/q;2*-1;+2. The van der Waals surface area contributed by atoms with Crippen molar-refractivity contribution in [1.82, 2.24) is 0 Å². The van der Waals surface area contributed by atoms with Crippen LogP contribution in [-0.4, -0.2) is 4.70 Å². The molecule has 0 unspecified atom stereocenters. The second kappa shape index (κ2) is 57.0. The van der Waals surface area contributed by atoms with E-state index in [0.717, 1.165) is 61.0 Å². The van der Waals surface area contributed by atoms with E-state index < -0.39 is 0 Å². The zero-order chi connectivity index (χ0) is 55.2. The fourth-order valence-corrected chi connectivity index (χ4v) is 10.6. The molecule has 77 heavy (non-hydrogen) atoms. The molecule has 1 heterocycles. The van der Waals surface area contributed by atoms with E-state index in [1.807, 2.05) is 0 Å². The first-order valence-corrected chi connectivity index (χ1v) is 33.9. The summed E-state index contributed by atoms with van der Waals surface area (Å²) in [5.41, 5.74) is 21.9. The fraction of sp³-hybridized carbons (Fsp3) is 0.730. The van der Waals surface area contributed by atoms with E-state index in [9.17, 15) is 5.53 Å². The van der Waals surface area contributed by atoms with Crippen molar-refractivity contribution in [3.8, 4) is 0 Å². The summed E-state index contributed by atoms with van der Waals surface area (Å²) in [6.07, 6.45) is 68.9. The Hall–Kier alpha value is -2.25. The van der Waals surface area contributed by atoms with Gasteiger partial charge in [0.2, 0.25) is 11.4 Å². The molecule has 2 aromatic carbocycles. The normalized spacial score (nSPS) is 12.3. The maximum absolute atomic E-state index is 12.3. The van der Waals surface area contributed by atoms with Crippen LogP contribution in [0.5, 0.6) is 0 Å². The van der Waals surface area contributed by atoms with Gasteiger partial charge in [-0.25, -0.2) is 4.70 Å². The number of unbranched alkanes of at least 4 members (excludes halogenated alkanes) is 39. The number of hydrogen-bond donors (Lipinski definition) is 0. The third-order valence-electron chi connectivity index (χ3n) is 15.9. The third-order valence-corrected chi connectivity index (χ3v) is 15.9. The van der Waals surface area contributed by atoms with Crippen LogP contribution >= 0.6 is 0 Å². The smallest absolute Gasteiger partial charge is 0.493 e. The van der Waals surface area contributed by atoms with Crippen molar-refractivity contribution in [2.24, 2.45) is 0 Å². The number of nitrogens with zero attached hydrogens (tertiary/aromatic N) is 2. The first kappa shape index (κ1) is 74.8. The molecule has 0 N–H and O–H groups in total. The van der Waals surface area contributed by atoms with Crippen LogP contribution in [0.1, 0.15) is 359 Å². The number of hydrogen-bond acceptors (Lipinski definition) is 0. The average Bonchev–Trinajstić information content (AvgIpc) is 3.72. The van der Waals surface area contributed by atoms with Gasteiger partial charge in [0.1, 0.15) is 0 Å². The van der Waals surface area contributed by atoms with Crippen molar-refractivity contribution in [2.75, 3.05) is 0 Å². The van der Waals surface area contributed by atoms with E-state index in [4.69, 9.17) is 0 Å². The van der Waals surface area contributed by atoms with Crippen LogP contribution in [0.3, 0.4) is 0 Å². The Balaban J connectivity index is 0.00000597. The molecule has 1 aliphatic heterocycles. The van der Waals surface area contributed by atoms with Gasteiger partial charge < -0.3 is 19.4 Å². The van der Waals surface area contributed by atoms with Crippen LogP contribution in [-0.2, 0) is 29.3 Å². The second-order valence-corrected chi connectivity index (χ2v) is 23.2. The molecule has 0 bridgehead atoms. The number of allylic oxidation sites excluding steroid dienone is 4. The molecule has 0 aromatic heterocycles. The summed E-state index contributed by atoms with van der Waals surface area (Å²) in [6.45, 7) is 20.6. The Morgan fingerprint density at radius 2 is 0.610 bits per heavy atom. The Labute approximate surface area is 493 Å². The van der Waals surface area contributed by atoms with Gasteiger partial charge in [-0.05, 0) is 86.8 Å². The van der Waals surface area contributed by atoms with Crippen molar-refractivity contribution >= 4 is 11.4 Å². The number of aryl methyl sites for hydroxylation is 2. The van der Waals surface area contributed by atoms with Crippen molar-refractivity contribution in [3.63, 3.8) is 0 Å². The molecule has 3 heteroatoms. The minimum atomic E-state index is 0. The van der Waals surface area contributed by atoms with Crippen LogP contribution < -0.4 is 0 Å². The molecule has 0 saturated heterocycles. The molecule has 2 nitrogen and oxygen atoms in total. The molecule has 1 aliphatic rings. The zero-order valence-corrected chi connectivity index (χ0v) is 53.3. The average molecular weight is 1100 g/mol. The van der Waals surface area contributed by atoms with Crippen molar-refractivity contribution in [1.29, 1.82) is 0 Å². The zero-order valence-electron chi connectivity index (χ0n) is 52.3. The van der Waals surface area contributed by atoms with E-state index >= 15 is 0 Å². The summed E-state index contributed by atoms with van der Waals surface area (Å²) in [5, 5.41) is 0. The molecular formula is C74H128N2Ni. The van der Waals surface area contributed by atoms with E-state index in [2.05, 4.69) is 116 Å². The molecule has 0 atom stereocenters. The minimum Gasteiger partial charge on any atom is -0.493 e. The summed E-state index contributed by atoms with van der Waals surface area (Å²) >= 11 is 0. The first-order chi connectivity index (χ1) is 37.5. The van der Waals surface area contributed by atoms with Gasteiger partial charge in [-0.3, -0.25) is 0 Å². The maximum atomic E-state index is 12.3. The van der Waals surface area contributed by atoms with Crippen LogP contribution in [0.4, 0.5) is 0 Å². The van der Waals surface area contributed by atoms with E-state index in [-0.39, 0.29) is 16.5 Å². The molecule has 0 radical (unpaired) electrons. The van der Waals surface area contributed by atoms with Gasteiger partial charge in [-0.1, -0.05) is 322 Å². The third kappa shape index (κ3) is 39.7. The Kier molecular flexibility index (Phi) is 55.3. The Bertz CT molecular complexity index is 1660. The first-order valence-electron chi connectivity index (χ1n) is 33.9. The largest absolute Gasteiger partial charge is 2.00 e. The molecule has 0 amide bonds. The predicted octanol–water partition coefficient (Wildman–Crippen LogP) is 26.2. The molecule has 0 spiro atoms. The van der Waals surface area contributed by atoms with Crippen LogP contribution in [0, 0.1) is 13.8 Å². The van der Waals surface area contributed by atoms with Gasteiger partial charge >= 0.3 is 16.5 Å². The van der Waals surface area contributed by atoms with Gasteiger partial charge in [-0.15, -0.1) is 0 Å². The van der Waals surface area contributed by atoms with Crippen LogP contribution in [0.2, 0.25) is 0 Å². The van der Waals surface area contributed by atoms with Crippen LogP contribution in [0.15, 0.2) is 71.8 Å². The number of benzene rings is 2. The van der Waals surface area contributed by atoms with E-state index in [0.29, 0.717) is 0 Å². The van der Waals surface area contributed by atoms with Gasteiger partial charge in [0.05, 0.1) is 5.57 Å². The molecule has 3 rings (SSSR count). The van der Waals surface area contributed by atoms with Crippen molar-refractivity contribution < 1.29 is 21.2 Å². The number of rotatable bonds is 49. The summed E-state index contributed by atoms with van der Waals surface area (Å²) in [6, 6.07) is 18.3. The van der Waals surface area contributed by atoms with Gasteiger partial charge in [-0.2, -0.15) is 12.8 Å². The summed E-state index contributed by atoms with van der Waals surface area (Å²) in [5.74, 6) is 0. The maximum Gasteiger partial charge on any atom is 2.00 e. The molecular weight excluding hydrogens is 976 g/mol. The molecule has 444 valence electrons. The minimum absolute atomic E-state index is 0. The predicted molar refractivity (Wildman–Crippen MR) is 344 cm³/mol. The van der Waals surface area contributed by atoms with Crippen LogP contribution in [0.25, 0.3) is 16.9 Å². The summed E-state index contributed by atoms with van der Waals surface area (Å²) in [7, 11) is 0. The van der Waals surface area contributed by atoms with Crippen molar-refractivity contribution in [3.05, 3.63) is 113 Å². The Morgan fingerprint density at radius 3 is 0.948 bits per heavy atom. The monoisotopic (exact) mass is 1100 g/mol. The van der Waals surface area contributed by atoms with Gasteiger partial charge in [0, 0.05) is 16.7 Å². The quantitative estimate of drug-likeness (QED) is 0.0273. The summed E-state index contributed by atoms with van der Waals surface area (Å²) in [4.78, 5) is 0. The molecule has 0 fully saturated rings. The van der Waals surface area contributed by atoms with E-state index in [1.165, 1.54) is 292 Å². The van der Waals surface area contributed by atoms with Gasteiger partial charge in [0.15, 0.2) is 0 Å². The molecule has 0 saturated carbocycles. The van der Waals surface area contributed by atoms with Gasteiger partial charge in [0.25, 0.3) is 0 Å². The topological polar surface area (TPSA) is 25.3 Å². The molecule has 2 aromatic rings. The molecule has 0 aliphatic carbocycles. The van der Waals surface area contributed by atoms with Crippen molar-refractivity contribution in [2.45, 2.75) is 350 Å². The SMILES string of the molecule is CCCCCCCCCCCCCC=CC1=C(c2ccc(CCCC)cc2)[N+](=[N-])C(c2ccc(CCCCCC)cc2)=C1CCCCCCCCCCCCCCCCCCCCCCCCC.[CH2-]CCC.[CH2-]CCC.[Ni+2]. The second-order valence-electron chi connectivity index (χ2n) is 23.2.